The molecule has 0 spiro atoms. The first-order valence-electron chi connectivity index (χ1n) is 10.1. The number of nitrogens with one attached hydrogen (secondary N) is 1. The van der Waals surface area contributed by atoms with E-state index in [0.29, 0.717) is 29.7 Å². The van der Waals surface area contributed by atoms with Crippen molar-refractivity contribution >= 4 is 35.0 Å². The normalized spacial score (nSPS) is 16.7. The van der Waals surface area contributed by atoms with Crippen LogP contribution in [0, 0.1) is 6.92 Å². The molecule has 2 aliphatic heterocycles. The third kappa shape index (κ3) is 4.71. The number of rotatable bonds is 4. The van der Waals surface area contributed by atoms with Gasteiger partial charge < -0.3 is 24.6 Å². The maximum atomic E-state index is 12.4. The van der Waals surface area contributed by atoms with Gasteiger partial charge in [0, 0.05) is 43.6 Å². The van der Waals surface area contributed by atoms with Crippen LogP contribution in [0.4, 0.5) is 11.4 Å². The Morgan fingerprint density at radius 2 is 1.87 bits per heavy atom. The van der Waals surface area contributed by atoms with Gasteiger partial charge in [-0.05, 0) is 61.5 Å². The van der Waals surface area contributed by atoms with Crippen molar-refractivity contribution in [3.63, 3.8) is 0 Å². The van der Waals surface area contributed by atoms with Gasteiger partial charge in [0.15, 0.2) is 11.5 Å². The molecule has 6 nitrogen and oxygen atoms in total. The molecule has 0 aromatic heterocycles. The van der Waals surface area contributed by atoms with Crippen molar-refractivity contribution in [2.45, 2.75) is 6.92 Å². The van der Waals surface area contributed by atoms with Crippen molar-refractivity contribution in [2.75, 3.05) is 56.7 Å². The fourth-order valence-electron chi connectivity index (χ4n) is 3.72. The summed E-state index contributed by atoms with van der Waals surface area (Å²) in [5.41, 5.74) is 3.93. The summed E-state index contributed by atoms with van der Waals surface area (Å²) in [5, 5.41) is 3.40. The van der Waals surface area contributed by atoms with E-state index in [2.05, 4.69) is 35.2 Å². The number of aryl methyl sites for hydroxylation is 1. The number of fused-ring (bicyclic) bond motifs is 1. The number of hydrogen-bond acceptors (Lipinski definition) is 5. The van der Waals surface area contributed by atoms with Gasteiger partial charge in [-0.3, -0.25) is 4.79 Å². The number of halogens is 1. The summed E-state index contributed by atoms with van der Waals surface area (Å²) in [6.45, 7) is 7.21. The number of benzene rings is 2. The van der Waals surface area contributed by atoms with Gasteiger partial charge in [0.05, 0.1) is 5.02 Å². The monoisotopic (exact) mass is 427 g/mol. The second-order valence-corrected chi connectivity index (χ2v) is 8.05. The summed E-state index contributed by atoms with van der Waals surface area (Å²) in [7, 11) is 2.15. The average molecular weight is 428 g/mol. The highest BCUT2D eigenvalue weighted by Crippen LogP contribution is 2.38. The van der Waals surface area contributed by atoms with Crippen LogP contribution in [-0.2, 0) is 4.79 Å². The lowest BCUT2D eigenvalue weighted by atomic mass is 10.1. The highest BCUT2D eigenvalue weighted by Gasteiger charge is 2.17. The van der Waals surface area contributed by atoms with E-state index in [1.54, 1.807) is 12.1 Å². The van der Waals surface area contributed by atoms with Crippen LogP contribution in [-0.4, -0.2) is 57.2 Å². The van der Waals surface area contributed by atoms with Gasteiger partial charge in [-0.1, -0.05) is 11.6 Å². The van der Waals surface area contributed by atoms with E-state index in [9.17, 15) is 4.79 Å². The molecule has 0 saturated carbocycles. The first-order valence-corrected chi connectivity index (χ1v) is 10.5. The number of amides is 1. The molecule has 2 aliphatic rings. The highest BCUT2D eigenvalue weighted by atomic mass is 35.5. The molecule has 1 fully saturated rings. The fourth-order valence-corrected chi connectivity index (χ4v) is 3.99. The number of anilines is 2. The van der Waals surface area contributed by atoms with E-state index >= 15 is 0 Å². The number of ether oxygens (including phenoxy) is 2. The molecule has 1 amide bonds. The Balaban J connectivity index is 1.40. The molecular weight excluding hydrogens is 402 g/mol. The predicted molar refractivity (Wildman–Crippen MR) is 121 cm³/mol. The topological polar surface area (TPSA) is 54.0 Å². The van der Waals surface area contributed by atoms with Crippen LogP contribution in [0.1, 0.15) is 11.1 Å². The van der Waals surface area contributed by atoms with Crippen molar-refractivity contribution < 1.29 is 14.3 Å². The number of carbonyl (C=O) groups is 1. The van der Waals surface area contributed by atoms with Crippen molar-refractivity contribution in [2.24, 2.45) is 0 Å². The molecule has 2 aromatic carbocycles. The number of carbonyl (C=O) groups excluding carboxylic acids is 1. The highest BCUT2D eigenvalue weighted by molar-refractivity contribution is 6.32. The van der Waals surface area contributed by atoms with Gasteiger partial charge >= 0.3 is 0 Å². The summed E-state index contributed by atoms with van der Waals surface area (Å²) >= 11 is 6.25. The van der Waals surface area contributed by atoms with E-state index < -0.39 is 0 Å². The molecule has 0 bridgehead atoms. The van der Waals surface area contributed by atoms with Gasteiger partial charge in [0.1, 0.15) is 13.2 Å². The second-order valence-electron chi connectivity index (χ2n) is 7.64. The second kappa shape index (κ2) is 8.98. The minimum Gasteiger partial charge on any atom is -0.486 e. The Morgan fingerprint density at radius 3 is 2.63 bits per heavy atom. The van der Waals surface area contributed by atoms with Crippen LogP contribution in [0.5, 0.6) is 11.5 Å². The maximum Gasteiger partial charge on any atom is 0.248 e. The Morgan fingerprint density at radius 1 is 1.10 bits per heavy atom. The molecule has 0 radical (unpaired) electrons. The largest absolute Gasteiger partial charge is 0.486 e. The number of likely N-dealkylation sites (N-methyl/N-ethyl adjacent to an activating group) is 1. The first kappa shape index (κ1) is 20.6. The molecule has 1 N–H and O–H groups in total. The van der Waals surface area contributed by atoms with Crippen molar-refractivity contribution in [1.82, 2.24) is 4.90 Å². The van der Waals surface area contributed by atoms with Crippen LogP contribution < -0.4 is 19.7 Å². The average Bonchev–Trinajstić information content (AvgIpc) is 2.73. The molecule has 2 aromatic rings. The quantitative estimate of drug-likeness (QED) is 0.752. The van der Waals surface area contributed by atoms with E-state index in [0.717, 1.165) is 43.0 Å². The molecular formula is C23H26ClN3O3. The van der Waals surface area contributed by atoms with Gasteiger partial charge in [-0.15, -0.1) is 0 Å². The smallest absolute Gasteiger partial charge is 0.248 e. The van der Waals surface area contributed by atoms with E-state index in [1.807, 2.05) is 18.2 Å². The lowest BCUT2D eigenvalue weighted by Gasteiger charge is -2.35. The Kier molecular flexibility index (Phi) is 6.16. The molecule has 158 valence electrons. The van der Waals surface area contributed by atoms with Crippen LogP contribution in [0.3, 0.4) is 0 Å². The summed E-state index contributed by atoms with van der Waals surface area (Å²) in [6, 6.07) is 9.63. The molecule has 1 saturated heterocycles. The Bertz CT molecular complexity index is 968. The minimum absolute atomic E-state index is 0.201. The van der Waals surface area contributed by atoms with Gasteiger partial charge in [-0.25, -0.2) is 0 Å². The van der Waals surface area contributed by atoms with Gasteiger partial charge in [-0.2, -0.15) is 0 Å². The molecule has 0 unspecified atom stereocenters. The van der Waals surface area contributed by atoms with E-state index in [4.69, 9.17) is 21.1 Å². The molecule has 0 aliphatic carbocycles. The summed E-state index contributed by atoms with van der Waals surface area (Å²) < 4.78 is 11.1. The lowest BCUT2D eigenvalue weighted by Crippen LogP contribution is -2.44. The fraction of sp³-hybridized carbons (Fsp3) is 0.348. The van der Waals surface area contributed by atoms with Crippen molar-refractivity contribution in [3.05, 3.63) is 52.6 Å². The standard InChI is InChI=1S/C23H26ClN3O3/c1-16-13-18(4-5-20(16)27-9-7-26(2)8-10-27)25-22(28)6-3-17-14-19(24)23-21(15-17)29-11-12-30-23/h3-6,13-15H,7-12H2,1-2H3,(H,25,28)/b6-3+. The van der Waals surface area contributed by atoms with Gasteiger partial charge in [0.2, 0.25) is 5.91 Å². The molecule has 30 heavy (non-hydrogen) atoms. The Labute approximate surface area is 182 Å². The molecule has 2 heterocycles. The zero-order valence-electron chi connectivity index (χ0n) is 17.3. The van der Waals surface area contributed by atoms with Crippen molar-refractivity contribution in [3.8, 4) is 11.5 Å². The van der Waals surface area contributed by atoms with Crippen LogP contribution >= 0.6 is 11.6 Å². The SMILES string of the molecule is Cc1cc(NC(=O)/C=C/c2cc(Cl)c3c(c2)OCCO3)ccc1N1CCN(C)CC1. The van der Waals surface area contributed by atoms with E-state index in [-0.39, 0.29) is 5.91 Å². The number of nitrogens with zero attached hydrogens (tertiary/aromatic N) is 2. The third-order valence-electron chi connectivity index (χ3n) is 5.35. The third-order valence-corrected chi connectivity index (χ3v) is 5.64. The van der Waals surface area contributed by atoms with E-state index in [1.165, 1.54) is 11.8 Å². The number of piperazine rings is 1. The minimum atomic E-state index is -0.201. The molecule has 7 heteroatoms. The zero-order valence-corrected chi connectivity index (χ0v) is 18.0. The van der Waals surface area contributed by atoms with Crippen molar-refractivity contribution in [1.29, 1.82) is 0 Å². The molecule has 4 rings (SSSR count). The zero-order chi connectivity index (χ0) is 21.1. The van der Waals surface area contributed by atoms with Crippen LogP contribution in [0.25, 0.3) is 6.08 Å². The first-order chi connectivity index (χ1) is 14.5. The summed E-state index contributed by atoms with van der Waals surface area (Å²) in [6.07, 6.45) is 3.20. The number of hydrogen-bond donors (Lipinski definition) is 1. The summed E-state index contributed by atoms with van der Waals surface area (Å²) in [5.74, 6) is 0.956. The predicted octanol–water partition coefficient (Wildman–Crippen LogP) is 3.82. The Hall–Kier alpha value is -2.70. The van der Waals surface area contributed by atoms with Crippen LogP contribution in [0.15, 0.2) is 36.4 Å². The molecule has 0 atom stereocenters. The maximum absolute atomic E-state index is 12.4. The summed E-state index contributed by atoms with van der Waals surface area (Å²) in [4.78, 5) is 17.1. The van der Waals surface area contributed by atoms with Gasteiger partial charge in [0.25, 0.3) is 0 Å². The lowest BCUT2D eigenvalue weighted by molar-refractivity contribution is -0.111. The van der Waals surface area contributed by atoms with Crippen LogP contribution in [0.2, 0.25) is 5.02 Å².